The first-order valence-electron chi connectivity index (χ1n) is 18.1. The number of sulfonamides is 1. The van der Waals surface area contributed by atoms with Crippen LogP contribution >= 0.6 is 11.6 Å². The van der Waals surface area contributed by atoms with Crippen LogP contribution in [0, 0.1) is 22.7 Å². The molecule has 1 aliphatic heterocycles. The van der Waals surface area contributed by atoms with Crippen molar-refractivity contribution >= 4 is 45.2 Å². The standard InChI is InChI=1S/C37H46ClN7O7S/c1-34(2,3)52-33(48)44-21-23(20-35(44,4)5)8-7-18-39-26-9-6-10-29(40-26)53(49,50)43-32(47)24-11-12-27(41-31(24)38)45-19-13-28(42-45)51-22-25(46)30-36(14-15-36)37(30)16-17-37/h6,9-13,19,23,30H,7-8,14-18,20-22H2,1-5H3,(H,39,40)(H,43,47)/t23-/m0/s1. The lowest BCUT2D eigenvalue weighted by atomic mass is 9.93. The van der Waals surface area contributed by atoms with Crippen molar-refractivity contribution in [1.82, 2.24) is 29.4 Å². The van der Waals surface area contributed by atoms with Gasteiger partial charge >= 0.3 is 6.09 Å². The summed E-state index contributed by atoms with van der Waals surface area (Å²) in [5, 5.41) is 6.91. The van der Waals surface area contributed by atoms with Crippen LogP contribution in [-0.2, 0) is 19.6 Å². The van der Waals surface area contributed by atoms with Gasteiger partial charge in [-0.2, -0.15) is 8.42 Å². The molecular formula is C37H46ClN7O7S. The van der Waals surface area contributed by atoms with E-state index in [-0.39, 0.29) is 68.2 Å². The summed E-state index contributed by atoms with van der Waals surface area (Å²) in [6, 6.07) is 8.90. The predicted octanol–water partition coefficient (Wildman–Crippen LogP) is 5.80. The van der Waals surface area contributed by atoms with E-state index in [1.54, 1.807) is 23.2 Å². The molecular weight excluding hydrogens is 722 g/mol. The lowest BCUT2D eigenvalue weighted by Crippen LogP contribution is -2.45. The maximum absolute atomic E-state index is 13.2. The number of hydrogen-bond donors (Lipinski definition) is 2. The van der Waals surface area contributed by atoms with Crippen molar-refractivity contribution in [1.29, 1.82) is 0 Å². The van der Waals surface area contributed by atoms with E-state index in [4.69, 9.17) is 21.1 Å². The van der Waals surface area contributed by atoms with Gasteiger partial charge in [0.2, 0.25) is 5.88 Å². The van der Waals surface area contributed by atoms with Crippen molar-refractivity contribution in [2.75, 3.05) is 25.0 Å². The highest BCUT2D eigenvalue weighted by atomic mass is 35.5. The van der Waals surface area contributed by atoms with Gasteiger partial charge in [-0.3, -0.25) is 9.59 Å². The Balaban J connectivity index is 0.890. The Labute approximate surface area is 314 Å². The lowest BCUT2D eigenvalue weighted by Gasteiger charge is -2.33. The van der Waals surface area contributed by atoms with Crippen LogP contribution in [0.25, 0.3) is 5.82 Å². The number of halogens is 1. The second-order valence-corrected chi connectivity index (χ2v) is 18.4. The molecule has 3 saturated carbocycles. The highest BCUT2D eigenvalue weighted by Gasteiger charge is 2.88. The maximum Gasteiger partial charge on any atom is 0.410 e. The van der Waals surface area contributed by atoms with Gasteiger partial charge < -0.3 is 19.7 Å². The minimum absolute atomic E-state index is 0.0303. The molecule has 0 unspecified atom stereocenters. The van der Waals surface area contributed by atoms with E-state index in [2.05, 4.69) is 20.4 Å². The normalized spacial score (nSPS) is 20.6. The van der Waals surface area contributed by atoms with Crippen LogP contribution < -0.4 is 14.8 Å². The fourth-order valence-corrected chi connectivity index (χ4v) is 9.55. The van der Waals surface area contributed by atoms with Crippen molar-refractivity contribution in [3.05, 3.63) is 53.3 Å². The smallest absolute Gasteiger partial charge is 0.410 e. The summed E-state index contributed by atoms with van der Waals surface area (Å²) in [6.07, 6.45) is 8.35. The SMILES string of the molecule is CC(C)(C)OC(=O)N1C[C@@H](CCCNc2cccc(S(=O)(=O)NC(=O)c3ccc(-n4ccc(OCC(=O)C5C6(CC6)C56CC6)n4)nc3Cl)n2)CC1(C)C. The molecule has 2 N–H and O–H groups in total. The third-order valence-corrected chi connectivity index (χ3v) is 12.6. The second-order valence-electron chi connectivity index (χ2n) is 16.4. The van der Waals surface area contributed by atoms with E-state index in [0.29, 0.717) is 24.8 Å². The summed E-state index contributed by atoms with van der Waals surface area (Å²) in [5.74, 6) is 0.452. The number of fused-ring (bicyclic) bond motifs is 1. The Hall–Kier alpha value is -4.24. The van der Waals surface area contributed by atoms with E-state index in [1.807, 2.05) is 39.3 Å². The summed E-state index contributed by atoms with van der Waals surface area (Å²) >= 11 is 6.34. The Kier molecular flexibility index (Phi) is 9.28. The number of carbonyl (C=O) groups excluding carboxylic acids is 3. The first kappa shape index (κ1) is 37.1. The van der Waals surface area contributed by atoms with Gasteiger partial charge in [0.05, 0.1) is 5.56 Å². The highest BCUT2D eigenvalue weighted by Crippen LogP contribution is 2.92. The molecule has 284 valence electrons. The minimum Gasteiger partial charge on any atom is -0.469 e. The van der Waals surface area contributed by atoms with Gasteiger partial charge in [-0.1, -0.05) is 17.7 Å². The molecule has 0 radical (unpaired) electrons. The molecule has 4 heterocycles. The number of ketones is 1. The number of nitrogens with zero attached hydrogens (tertiary/aromatic N) is 5. The Bertz CT molecular complexity index is 2030. The summed E-state index contributed by atoms with van der Waals surface area (Å²) in [6.45, 7) is 10.8. The van der Waals surface area contributed by atoms with Crippen LogP contribution in [0.3, 0.4) is 0 Å². The zero-order valence-electron chi connectivity index (χ0n) is 30.6. The van der Waals surface area contributed by atoms with Gasteiger partial charge in [0.15, 0.2) is 16.6 Å². The number of Topliss-reactive ketones (excluding diaryl/α,β-unsaturated/α-hetero) is 1. The van der Waals surface area contributed by atoms with Crippen LogP contribution in [0.1, 0.15) is 89.9 Å². The van der Waals surface area contributed by atoms with Crippen LogP contribution in [0.4, 0.5) is 10.6 Å². The fourth-order valence-electron chi connectivity index (χ4n) is 8.38. The summed E-state index contributed by atoms with van der Waals surface area (Å²) < 4.78 is 41.0. The molecule has 16 heteroatoms. The molecule has 53 heavy (non-hydrogen) atoms. The monoisotopic (exact) mass is 767 g/mol. The molecule has 4 fully saturated rings. The topological polar surface area (TPSA) is 175 Å². The number of amides is 2. The molecule has 3 aromatic rings. The van der Waals surface area contributed by atoms with Crippen LogP contribution in [0.2, 0.25) is 5.15 Å². The quantitative estimate of drug-likeness (QED) is 0.159. The first-order chi connectivity index (χ1) is 24.9. The van der Waals surface area contributed by atoms with Crippen LogP contribution in [-0.4, -0.2) is 81.7 Å². The largest absolute Gasteiger partial charge is 0.469 e. The van der Waals surface area contributed by atoms with Crippen molar-refractivity contribution in [3.63, 3.8) is 0 Å². The van der Waals surface area contributed by atoms with E-state index in [1.165, 1.54) is 28.9 Å². The van der Waals surface area contributed by atoms with Gasteiger partial charge in [0, 0.05) is 36.8 Å². The van der Waals surface area contributed by atoms with Gasteiger partial charge in [0.25, 0.3) is 15.9 Å². The number of pyridine rings is 2. The number of carbonyl (C=O) groups is 3. The van der Waals surface area contributed by atoms with Gasteiger partial charge in [0.1, 0.15) is 23.2 Å². The summed E-state index contributed by atoms with van der Waals surface area (Å²) in [4.78, 5) is 48.8. The third-order valence-electron chi connectivity index (χ3n) is 11.0. The molecule has 3 aliphatic carbocycles. The molecule has 3 aromatic heterocycles. The fraction of sp³-hybridized carbons (Fsp3) is 0.568. The Morgan fingerprint density at radius 3 is 2.40 bits per heavy atom. The molecule has 4 aliphatic rings. The third kappa shape index (κ3) is 7.46. The number of nitrogens with one attached hydrogen (secondary N) is 2. The predicted molar refractivity (Wildman–Crippen MR) is 195 cm³/mol. The van der Waals surface area contributed by atoms with Gasteiger partial charge in [-0.05, 0) is 121 Å². The number of ether oxygens (including phenoxy) is 2. The molecule has 0 aromatic carbocycles. The number of aromatic nitrogens is 4. The Morgan fingerprint density at radius 1 is 1.02 bits per heavy atom. The molecule has 0 bridgehead atoms. The number of anilines is 1. The summed E-state index contributed by atoms with van der Waals surface area (Å²) in [7, 11) is -4.36. The average molecular weight is 768 g/mol. The minimum atomic E-state index is -4.36. The average Bonchev–Trinajstić information content (AvgIpc) is 4.03. The van der Waals surface area contributed by atoms with E-state index < -0.39 is 21.5 Å². The van der Waals surface area contributed by atoms with Gasteiger partial charge in [-0.25, -0.2) is 24.2 Å². The molecule has 1 atom stereocenters. The first-order valence-corrected chi connectivity index (χ1v) is 20.0. The van der Waals surface area contributed by atoms with Crippen molar-refractivity contribution < 1.29 is 32.3 Å². The number of likely N-dealkylation sites (tertiary alicyclic amines) is 1. The molecule has 2 amide bonds. The van der Waals surface area contributed by atoms with Crippen molar-refractivity contribution in [2.24, 2.45) is 22.7 Å². The Morgan fingerprint density at radius 2 is 1.74 bits per heavy atom. The molecule has 1 saturated heterocycles. The number of rotatable bonds is 13. The molecule has 14 nitrogen and oxygen atoms in total. The lowest BCUT2D eigenvalue weighted by molar-refractivity contribution is -0.123. The molecule has 2 spiro atoms. The van der Waals surface area contributed by atoms with Gasteiger partial charge in [-0.15, -0.1) is 5.10 Å². The molecule has 7 rings (SSSR count). The van der Waals surface area contributed by atoms with Crippen LogP contribution in [0.5, 0.6) is 5.88 Å². The second kappa shape index (κ2) is 13.3. The number of hydrogen-bond acceptors (Lipinski definition) is 11. The van der Waals surface area contributed by atoms with E-state index in [9.17, 15) is 22.8 Å². The maximum atomic E-state index is 13.2. The van der Waals surface area contributed by atoms with Crippen molar-refractivity contribution in [3.8, 4) is 11.7 Å². The van der Waals surface area contributed by atoms with E-state index >= 15 is 0 Å². The van der Waals surface area contributed by atoms with Crippen LogP contribution in [0.15, 0.2) is 47.6 Å². The zero-order valence-corrected chi connectivity index (χ0v) is 32.2. The van der Waals surface area contributed by atoms with Crippen molar-refractivity contribution in [2.45, 2.75) is 95.7 Å². The summed E-state index contributed by atoms with van der Waals surface area (Å²) in [5.41, 5.74) is -0.499. The van der Waals surface area contributed by atoms with E-state index in [0.717, 1.165) is 44.9 Å². The highest BCUT2D eigenvalue weighted by molar-refractivity contribution is 7.90. The zero-order chi connectivity index (χ0) is 38.0.